The summed E-state index contributed by atoms with van der Waals surface area (Å²) in [5.41, 5.74) is 3.14. The summed E-state index contributed by atoms with van der Waals surface area (Å²) in [7, 11) is 1.62. The lowest BCUT2D eigenvalue weighted by Gasteiger charge is -2.36. The molecule has 27 heavy (non-hydrogen) atoms. The number of nitrogens with one attached hydrogen (secondary N) is 2. The molecule has 5 nitrogen and oxygen atoms in total. The number of amides is 2. The Hall–Kier alpha value is -2.60. The Bertz CT molecular complexity index is 931. The largest absolute Gasteiger partial charge is 0.357 e. The molecule has 0 spiro atoms. The fourth-order valence-electron chi connectivity index (χ4n) is 4.05. The molecular weight excluding hydrogens is 358 g/mol. The van der Waals surface area contributed by atoms with E-state index < -0.39 is 6.04 Å². The quantitative estimate of drug-likeness (QED) is 0.752. The van der Waals surface area contributed by atoms with Gasteiger partial charge in [-0.2, -0.15) is 0 Å². The molecule has 1 aliphatic heterocycles. The van der Waals surface area contributed by atoms with Gasteiger partial charge in [-0.15, -0.1) is 11.3 Å². The number of rotatable bonds is 1. The zero-order valence-electron chi connectivity index (χ0n) is 15.7. The van der Waals surface area contributed by atoms with Gasteiger partial charge in [-0.25, -0.2) is 4.79 Å². The van der Waals surface area contributed by atoms with E-state index in [1.165, 1.54) is 0 Å². The first-order valence-electron chi connectivity index (χ1n) is 9.08. The minimum Gasteiger partial charge on any atom is -0.357 e. The Morgan fingerprint density at radius 2 is 2.00 bits per heavy atom. The fraction of sp³-hybridized carbons (Fsp3) is 0.333. The number of para-hydroxylation sites is 2. The highest BCUT2D eigenvalue weighted by atomic mass is 32.1. The van der Waals surface area contributed by atoms with Crippen LogP contribution in [-0.2, 0) is 4.79 Å². The zero-order valence-corrected chi connectivity index (χ0v) is 16.5. The van der Waals surface area contributed by atoms with Crippen LogP contribution in [0.4, 0.5) is 16.2 Å². The third-order valence-electron chi connectivity index (χ3n) is 5.15. The number of ketones is 1. The van der Waals surface area contributed by atoms with Crippen molar-refractivity contribution in [2.24, 2.45) is 5.41 Å². The number of hydrogen-bond acceptors (Lipinski definition) is 4. The smallest absolute Gasteiger partial charge is 0.322 e. The molecule has 0 radical (unpaired) electrons. The Kier molecular flexibility index (Phi) is 4.30. The number of hydrogen-bond donors (Lipinski definition) is 2. The normalized spacial score (nSPS) is 21.1. The second-order valence-corrected chi connectivity index (χ2v) is 8.80. The monoisotopic (exact) mass is 381 g/mol. The standard InChI is InChI=1S/C21H23N3O2S/c1-21(2)11-14-18(16(25)12-21)19(17-9-6-10-27-17)24(20(26)22-3)15-8-5-4-7-13(15)23-14/h4-10,19,23H,11-12H2,1-3H3,(H,22,26). The summed E-state index contributed by atoms with van der Waals surface area (Å²) in [6.07, 6.45) is 1.25. The fourth-order valence-corrected chi connectivity index (χ4v) is 4.87. The van der Waals surface area contributed by atoms with E-state index in [1.807, 2.05) is 41.8 Å². The predicted octanol–water partition coefficient (Wildman–Crippen LogP) is 4.70. The number of carbonyl (C=O) groups is 2. The number of thiophene rings is 1. The number of Topliss-reactive ketones (excluding diaryl/α,β-unsaturated/α-hetero) is 1. The molecule has 4 rings (SSSR count). The van der Waals surface area contributed by atoms with Crippen molar-refractivity contribution < 1.29 is 9.59 Å². The van der Waals surface area contributed by atoms with E-state index in [9.17, 15) is 9.59 Å². The van der Waals surface area contributed by atoms with Gasteiger partial charge < -0.3 is 10.6 Å². The summed E-state index contributed by atoms with van der Waals surface area (Å²) in [5.74, 6) is 0.105. The van der Waals surface area contributed by atoms with E-state index in [2.05, 4.69) is 24.5 Å². The Morgan fingerprint density at radius 3 is 2.70 bits per heavy atom. The number of anilines is 2. The molecule has 0 fully saturated rings. The minimum atomic E-state index is -0.431. The summed E-state index contributed by atoms with van der Waals surface area (Å²) >= 11 is 1.57. The molecule has 2 aromatic rings. The first-order valence-corrected chi connectivity index (χ1v) is 9.96. The SMILES string of the molecule is CNC(=O)N1c2ccccc2NC2=C(C(=O)CC(C)(C)C2)C1c1cccs1. The van der Waals surface area contributed by atoms with Crippen LogP contribution in [-0.4, -0.2) is 18.9 Å². The Balaban J connectivity index is 2.00. The van der Waals surface area contributed by atoms with Gasteiger partial charge in [0.1, 0.15) is 6.04 Å². The molecule has 1 unspecified atom stereocenters. The molecule has 2 N–H and O–H groups in total. The van der Waals surface area contributed by atoms with Crippen molar-refractivity contribution in [1.29, 1.82) is 0 Å². The number of benzene rings is 1. The van der Waals surface area contributed by atoms with Crippen LogP contribution in [0.3, 0.4) is 0 Å². The molecule has 2 heterocycles. The third kappa shape index (κ3) is 3.04. The second kappa shape index (κ2) is 6.53. The zero-order chi connectivity index (χ0) is 19.2. The molecule has 2 aliphatic rings. The lowest BCUT2D eigenvalue weighted by molar-refractivity contribution is -0.118. The van der Waals surface area contributed by atoms with Crippen molar-refractivity contribution in [1.82, 2.24) is 5.32 Å². The van der Waals surface area contributed by atoms with Gasteiger partial charge in [-0.3, -0.25) is 9.69 Å². The molecule has 140 valence electrons. The third-order valence-corrected chi connectivity index (χ3v) is 6.07. The van der Waals surface area contributed by atoms with Crippen LogP contribution in [0.5, 0.6) is 0 Å². The topological polar surface area (TPSA) is 61.4 Å². The van der Waals surface area contributed by atoms with Gasteiger partial charge in [0.2, 0.25) is 0 Å². The van der Waals surface area contributed by atoms with Crippen LogP contribution >= 0.6 is 11.3 Å². The Morgan fingerprint density at radius 1 is 1.22 bits per heavy atom. The molecule has 0 saturated heterocycles. The first kappa shape index (κ1) is 17.8. The molecule has 1 aliphatic carbocycles. The number of urea groups is 1. The maximum absolute atomic E-state index is 13.3. The number of carbonyl (C=O) groups excluding carboxylic acids is 2. The molecule has 1 aromatic carbocycles. The molecular formula is C21H23N3O2S. The highest BCUT2D eigenvalue weighted by molar-refractivity contribution is 7.10. The summed E-state index contributed by atoms with van der Waals surface area (Å²) in [6.45, 7) is 4.23. The highest BCUT2D eigenvalue weighted by Crippen LogP contribution is 2.48. The van der Waals surface area contributed by atoms with Crippen LogP contribution < -0.4 is 15.5 Å². The van der Waals surface area contributed by atoms with Gasteiger partial charge >= 0.3 is 6.03 Å². The summed E-state index contributed by atoms with van der Waals surface area (Å²) in [5, 5.41) is 8.23. The van der Waals surface area contributed by atoms with E-state index in [1.54, 1.807) is 23.3 Å². The average molecular weight is 382 g/mol. The second-order valence-electron chi connectivity index (χ2n) is 7.82. The lowest BCUT2D eigenvalue weighted by atomic mass is 9.74. The van der Waals surface area contributed by atoms with Crippen LogP contribution in [0.1, 0.15) is 37.6 Å². The minimum absolute atomic E-state index is 0.105. The van der Waals surface area contributed by atoms with Crippen molar-refractivity contribution >= 4 is 34.5 Å². The van der Waals surface area contributed by atoms with Crippen molar-refractivity contribution in [2.75, 3.05) is 17.3 Å². The summed E-state index contributed by atoms with van der Waals surface area (Å²) in [6, 6.07) is 11.0. The summed E-state index contributed by atoms with van der Waals surface area (Å²) in [4.78, 5) is 28.9. The lowest BCUT2D eigenvalue weighted by Crippen LogP contribution is -2.43. The van der Waals surface area contributed by atoms with Crippen LogP contribution in [0.25, 0.3) is 0 Å². The number of allylic oxidation sites excluding steroid dienone is 1. The highest BCUT2D eigenvalue weighted by Gasteiger charge is 2.43. The van der Waals surface area contributed by atoms with Gasteiger partial charge in [0.05, 0.1) is 11.4 Å². The molecule has 6 heteroatoms. The van der Waals surface area contributed by atoms with E-state index >= 15 is 0 Å². The van der Waals surface area contributed by atoms with Crippen LogP contribution in [0, 0.1) is 5.41 Å². The van der Waals surface area contributed by atoms with Gasteiger partial charge in [0, 0.05) is 29.6 Å². The molecule has 1 aromatic heterocycles. The van der Waals surface area contributed by atoms with E-state index in [0.29, 0.717) is 12.0 Å². The maximum Gasteiger partial charge on any atom is 0.322 e. The molecule has 1 atom stereocenters. The van der Waals surface area contributed by atoms with E-state index in [4.69, 9.17) is 0 Å². The maximum atomic E-state index is 13.3. The van der Waals surface area contributed by atoms with Gasteiger partial charge in [-0.05, 0) is 35.4 Å². The van der Waals surface area contributed by atoms with E-state index in [0.717, 1.165) is 28.4 Å². The average Bonchev–Trinajstić information content (AvgIpc) is 3.09. The van der Waals surface area contributed by atoms with Crippen molar-refractivity contribution in [3.63, 3.8) is 0 Å². The number of nitrogens with zero attached hydrogens (tertiary/aromatic N) is 1. The van der Waals surface area contributed by atoms with E-state index in [-0.39, 0.29) is 17.2 Å². The van der Waals surface area contributed by atoms with Crippen LogP contribution in [0.2, 0.25) is 0 Å². The molecule has 0 saturated carbocycles. The van der Waals surface area contributed by atoms with Crippen LogP contribution in [0.15, 0.2) is 53.0 Å². The molecule has 2 amide bonds. The summed E-state index contributed by atoms with van der Waals surface area (Å²) < 4.78 is 0. The number of fused-ring (bicyclic) bond motifs is 1. The van der Waals surface area contributed by atoms with Crippen molar-refractivity contribution in [2.45, 2.75) is 32.7 Å². The van der Waals surface area contributed by atoms with Crippen molar-refractivity contribution in [3.05, 3.63) is 57.9 Å². The van der Waals surface area contributed by atoms with Gasteiger partial charge in [-0.1, -0.05) is 32.0 Å². The van der Waals surface area contributed by atoms with Crippen molar-refractivity contribution in [3.8, 4) is 0 Å². The Labute approximate surface area is 163 Å². The predicted molar refractivity (Wildman–Crippen MR) is 109 cm³/mol. The first-order chi connectivity index (χ1) is 12.9. The van der Waals surface area contributed by atoms with Gasteiger partial charge in [0.25, 0.3) is 0 Å². The molecule has 0 bridgehead atoms. The van der Waals surface area contributed by atoms with Gasteiger partial charge in [0.15, 0.2) is 5.78 Å².